The summed E-state index contributed by atoms with van der Waals surface area (Å²) in [5, 5.41) is 25.1. The molecule has 0 atom stereocenters. The monoisotopic (exact) mass is 420 g/mol. The second-order valence-corrected chi connectivity index (χ2v) is 7.26. The van der Waals surface area contributed by atoms with Crippen molar-refractivity contribution in [3.8, 4) is 11.5 Å². The molecule has 0 radical (unpaired) electrons. The van der Waals surface area contributed by atoms with Crippen LogP contribution in [-0.4, -0.2) is 33.7 Å². The van der Waals surface area contributed by atoms with E-state index < -0.39 is 15.9 Å². The van der Waals surface area contributed by atoms with Crippen molar-refractivity contribution in [3.63, 3.8) is 0 Å². The lowest BCUT2D eigenvalue weighted by Gasteiger charge is -2.08. The van der Waals surface area contributed by atoms with Crippen LogP contribution in [0.3, 0.4) is 0 Å². The van der Waals surface area contributed by atoms with Crippen LogP contribution in [0.1, 0.15) is 6.92 Å². The van der Waals surface area contributed by atoms with Crippen LogP contribution in [0.15, 0.2) is 69.0 Å². The number of aliphatic hydroxyl groups excluding tert-OH is 1. The first-order valence-corrected chi connectivity index (χ1v) is 9.68. The molecule has 2 rings (SSSR count). The van der Waals surface area contributed by atoms with Gasteiger partial charge in [-0.1, -0.05) is 0 Å². The maximum Gasteiger partial charge on any atom is 0.279 e. The van der Waals surface area contributed by atoms with E-state index >= 15 is 0 Å². The van der Waals surface area contributed by atoms with Crippen LogP contribution in [0.4, 0.5) is 11.4 Å². The zero-order valence-electron chi connectivity index (χ0n) is 15.9. The Morgan fingerprint density at radius 1 is 1.07 bits per heavy atom. The molecule has 0 heterocycles. The van der Waals surface area contributed by atoms with Gasteiger partial charge in [-0.05, 0) is 43.3 Å². The van der Waals surface area contributed by atoms with Crippen molar-refractivity contribution in [3.05, 3.63) is 53.9 Å². The molecule has 11 heteroatoms. The predicted octanol–water partition coefficient (Wildman–Crippen LogP) is 2.86. The minimum absolute atomic E-state index is 0.0993. The molecule has 0 aliphatic heterocycles. The lowest BCUT2D eigenvalue weighted by molar-refractivity contribution is -0.113. The van der Waals surface area contributed by atoms with Gasteiger partial charge >= 0.3 is 0 Å². The van der Waals surface area contributed by atoms with Crippen LogP contribution < -0.4 is 19.9 Å². The molecule has 0 saturated heterocycles. The second-order valence-electron chi connectivity index (χ2n) is 5.70. The van der Waals surface area contributed by atoms with Crippen LogP contribution in [-0.2, 0) is 14.8 Å². The van der Waals surface area contributed by atoms with Crippen LogP contribution in [0.5, 0.6) is 11.5 Å². The summed E-state index contributed by atoms with van der Waals surface area (Å²) in [6, 6.07) is 9.96. The number of hydrogen-bond donors (Lipinski definition) is 3. The normalized spacial score (nSPS) is 12.4. The molecule has 4 N–H and O–H groups in total. The molecule has 0 unspecified atom stereocenters. The molecule has 29 heavy (non-hydrogen) atoms. The minimum atomic E-state index is -3.84. The van der Waals surface area contributed by atoms with Gasteiger partial charge in [0.1, 0.15) is 5.76 Å². The van der Waals surface area contributed by atoms with Crippen molar-refractivity contribution in [2.24, 2.45) is 15.4 Å². The average molecular weight is 420 g/mol. The molecule has 0 spiro atoms. The van der Waals surface area contributed by atoms with Gasteiger partial charge in [0.15, 0.2) is 17.2 Å². The Labute approximate surface area is 167 Å². The molecule has 154 valence electrons. The van der Waals surface area contributed by atoms with Crippen molar-refractivity contribution < 1.29 is 27.8 Å². The number of carbonyl (C=O) groups excluding carboxylic acids is 1. The van der Waals surface area contributed by atoms with Gasteiger partial charge in [0.05, 0.1) is 24.8 Å². The van der Waals surface area contributed by atoms with E-state index in [0.29, 0.717) is 17.2 Å². The van der Waals surface area contributed by atoms with Gasteiger partial charge in [0.2, 0.25) is 10.0 Å². The number of primary sulfonamides is 1. The number of sulfonamides is 1. The smallest absolute Gasteiger partial charge is 0.279 e. The summed E-state index contributed by atoms with van der Waals surface area (Å²) < 4.78 is 32.9. The van der Waals surface area contributed by atoms with Crippen molar-refractivity contribution in [2.75, 3.05) is 19.5 Å². The van der Waals surface area contributed by atoms with E-state index in [4.69, 9.17) is 14.6 Å². The molecular weight excluding hydrogens is 400 g/mol. The highest BCUT2D eigenvalue weighted by molar-refractivity contribution is 7.89. The minimum Gasteiger partial charge on any atom is -0.510 e. The Hall–Kier alpha value is -3.44. The number of allylic oxidation sites excluding steroid dienone is 1. The second kappa shape index (κ2) is 9.17. The fraction of sp³-hybridized carbons (Fsp3) is 0.167. The molecular formula is C18H20N4O6S. The van der Waals surface area contributed by atoms with Gasteiger partial charge in [-0.15, -0.1) is 5.11 Å². The molecule has 0 saturated carbocycles. The number of aliphatic hydroxyl groups is 1. The van der Waals surface area contributed by atoms with Crippen molar-refractivity contribution in [2.45, 2.75) is 11.8 Å². The van der Waals surface area contributed by atoms with Crippen molar-refractivity contribution in [1.82, 2.24) is 0 Å². The summed E-state index contributed by atoms with van der Waals surface area (Å²) in [6.45, 7) is 1.28. The van der Waals surface area contributed by atoms with Gasteiger partial charge in [-0.2, -0.15) is 5.11 Å². The number of nitrogens with one attached hydrogen (secondary N) is 1. The summed E-state index contributed by atoms with van der Waals surface area (Å²) in [6.07, 6.45) is 0. The van der Waals surface area contributed by atoms with E-state index in [2.05, 4.69) is 15.5 Å². The summed E-state index contributed by atoms with van der Waals surface area (Å²) in [7, 11) is -0.879. The Morgan fingerprint density at radius 3 is 2.21 bits per heavy atom. The number of carbonyl (C=O) groups is 1. The number of anilines is 1. The first-order valence-electron chi connectivity index (χ1n) is 8.13. The Balaban J connectivity index is 2.20. The van der Waals surface area contributed by atoms with E-state index in [0.717, 1.165) is 0 Å². The van der Waals surface area contributed by atoms with E-state index in [1.54, 1.807) is 18.2 Å². The summed E-state index contributed by atoms with van der Waals surface area (Å²) >= 11 is 0. The first-order chi connectivity index (χ1) is 13.7. The molecule has 2 aromatic rings. The highest BCUT2D eigenvalue weighted by Gasteiger charge is 2.15. The first kappa shape index (κ1) is 21.9. The predicted molar refractivity (Wildman–Crippen MR) is 106 cm³/mol. The van der Waals surface area contributed by atoms with E-state index in [1.807, 2.05) is 0 Å². The molecule has 10 nitrogen and oxygen atoms in total. The van der Waals surface area contributed by atoms with Gasteiger partial charge < -0.3 is 19.9 Å². The Bertz CT molecular complexity index is 1060. The highest BCUT2D eigenvalue weighted by Crippen LogP contribution is 2.31. The van der Waals surface area contributed by atoms with Crippen LogP contribution in [0.25, 0.3) is 0 Å². The molecule has 0 bridgehead atoms. The number of rotatable bonds is 7. The van der Waals surface area contributed by atoms with Crippen molar-refractivity contribution in [1.29, 1.82) is 0 Å². The zero-order valence-corrected chi connectivity index (χ0v) is 16.7. The van der Waals surface area contributed by atoms with E-state index in [1.165, 1.54) is 45.4 Å². The van der Waals surface area contributed by atoms with Gasteiger partial charge in [-0.3, -0.25) is 4.79 Å². The fourth-order valence-corrected chi connectivity index (χ4v) is 2.71. The number of benzene rings is 2. The lowest BCUT2D eigenvalue weighted by atomic mass is 10.3. The number of nitrogens with zero attached hydrogens (tertiary/aromatic N) is 2. The number of amides is 1. The molecule has 0 aliphatic rings. The third-order valence-corrected chi connectivity index (χ3v) is 4.56. The fourth-order valence-electron chi connectivity index (χ4n) is 2.20. The number of ether oxygens (including phenoxy) is 2. The van der Waals surface area contributed by atoms with Crippen molar-refractivity contribution >= 4 is 27.3 Å². The zero-order chi connectivity index (χ0) is 21.6. The Morgan fingerprint density at radius 2 is 1.69 bits per heavy atom. The maximum absolute atomic E-state index is 12.4. The van der Waals surface area contributed by atoms with Crippen LogP contribution >= 0.6 is 0 Å². The van der Waals surface area contributed by atoms with Gasteiger partial charge in [0, 0.05) is 11.8 Å². The molecule has 0 aliphatic carbocycles. The number of methoxy groups -OCH3 is 2. The number of nitrogens with two attached hydrogens (primary N) is 1. The molecule has 0 fully saturated rings. The van der Waals surface area contributed by atoms with Gasteiger partial charge in [0.25, 0.3) is 5.91 Å². The quantitative estimate of drug-likeness (QED) is 0.356. The topological polar surface area (TPSA) is 153 Å². The number of azo groups is 1. The summed E-state index contributed by atoms with van der Waals surface area (Å²) in [4.78, 5) is 12.3. The standard InChI is InChI=1S/C18H20N4O6S/c1-11(23)17(22-21-13-6-9-15(27-2)16(10-13)28-3)18(24)20-12-4-7-14(8-5-12)29(19,25)26/h4-10,23H,1-3H3,(H,20,24)(H2,19,25,26)/b17-11+,22-21?. The van der Waals surface area contributed by atoms with Gasteiger partial charge in [-0.25, -0.2) is 13.6 Å². The van der Waals surface area contributed by atoms with E-state index in [-0.39, 0.29) is 22.0 Å². The molecule has 1 amide bonds. The highest BCUT2D eigenvalue weighted by atomic mass is 32.2. The number of hydrogen-bond acceptors (Lipinski definition) is 8. The lowest BCUT2D eigenvalue weighted by Crippen LogP contribution is -2.15. The summed E-state index contributed by atoms with van der Waals surface area (Å²) in [5.74, 6) is -0.165. The third kappa shape index (κ3) is 5.77. The maximum atomic E-state index is 12.4. The third-order valence-electron chi connectivity index (χ3n) is 3.63. The largest absolute Gasteiger partial charge is 0.510 e. The molecule has 0 aromatic heterocycles. The van der Waals surface area contributed by atoms with Crippen LogP contribution in [0.2, 0.25) is 0 Å². The average Bonchev–Trinajstić information content (AvgIpc) is 2.67. The summed E-state index contributed by atoms with van der Waals surface area (Å²) in [5.41, 5.74) is 0.324. The van der Waals surface area contributed by atoms with Crippen LogP contribution in [0, 0.1) is 0 Å². The molecule has 2 aromatic carbocycles. The van der Waals surface area contributed by atoms with E-state index in [9.17, 15) is 18.3 Å². The SMILES string of the molecule is COc1ccc(N=N/C(C(=O)Nc2ccc(S(N)(=O)=O)cc2)=C(\C)O)cc1OC. The Kier molecular flexibility index (Phi) is 6.91.